The molecule has 7 heteroatoms. The summed E-state index contributed by atoms with van der Waals surface area (Å²) in [5, 5.41) is 9.86. The Labute approximate surface area is 175 Å². The monoisotopic (exact) mass is 411 g/mol. The van der Waals surface area contributed by atoms with Crippen molar-refractivity contribution in [2.75, 3.05) is 26.6 Å². The second-order valence-electron chi connectivity index (χ2n) is 6.84. The zero-order chi connectivity index (χ0) is 20.1. The van der Waals surface area contributed by atoms with Gasteiger partial charge in [-0.05, 0) is 55.7 Å². The molecule has 0 spiro atoms. The van der Waals surface area contributed by atoms with E-state index >= 15 is 0 Å². The lowest BCUT2D eigenvalue weighted by Gasteiger charge is -2.22. The van der Waals surface area contributed by atoms with Crippen LogP contribution in [0.3, 0.4) is 0 Å². The highest BCUT2D eigenvalue weighted by atomic mass is 32.2. The van der Waals surface area contributed by atoms with Crippen LogP contribution in [0.1, 0.15) is 19.3 Å². The van der Waals surface area contributed by atoms with Gasteiger partial charge in [-0.3, -0.25) is 4.57 Å². The SMILES string of the molecule is COc1ccc(-n2c(SC[C@@H]3CCCCO3)nnc2-c2ccccc2OC)cc1. The molecule has 0 saturated carbocycles. The summed E-state index contributed by atoms with van der Waals surface area (Å²) in [5.74, 6) is 3.19. The lowest BCUT2D eigenvalue weighted by atomic mass is 10.1. The van der Waals surface area contributed by atoms with Crippen LogP contribution in [0.4, 0.5) is 0 Å². The van der Waals surface area contributed by atoms with Crippen molar-refractivity contribution in [2.24, 2.45) is 0 Å². The van der Waals surface area contributed by atoms with Crippen molar-refractivity contribution in [3.05, 3.63) is 48.5 Å². The van der Waals surface area contributed by atoms with E-state index < -0.39 is 0 Å². The van der Waals surface area contributed by atoms with E-state index in [0.717, 1.165) is 58.9 Å². The lowest BCUT2D eigenvalue weighted by molar-refractivity contribution is 0.0315. The molecule has 6 nitrogen and oxygen atoms in total. The highest BCUT2D eigenvalue weighted by Gasteiger charge is 2.21. The molecule has 29 heavy (non-hydrogen) atoms. The molecule has 152 valence electrons. The summed E-state index contributed by atoms with van der Waals surface area (Å²) in [7, 11) is 3.34. The summed E-state index contributed by atoms with van der Waals surface area (Å²) in [4.78, 5) is 0. The Balaban J connectivity index is 1.71. The van der Waals surface area contributed by atoms with E-state index in [1.54, 1.807) is 26.0 Å². The first-order valence-corrected chi connectivity index (χ1v) is 10.8. The van der Waals surface area contributed by atoms with Gasteiger partial charge in [0.15, 0.2) is 11.0 Å². The van der Waals surface area contributed by atoms with Crippen molar-refractivity contribution < 1.29 is 14.2 Å². The number of thioether (sulfide) groups is 1. The molecule has 1 fully saturated rings. The first kappa shape index (κ1) is 19.8. The normalized spacial score (nSPS) is 16.6. The van der Waals surface area contributed by atoms with E-state index in [0.29, 0.717) is 0 Å². The molecule has 1 atom stereocenters. The van der Waals surface area contributed by atoms with Gasteiger partial charge in [-0.25, -0.2) is 0 Å². The maximum atomic E-state index is 5.89. The van der Waals surface area contributed by atoms with Crippen LogP contribution < -0.4 is 9.47 Å². The number of methoxy groups -OCH3 is 2. The van der Waals surface area contributed by atoms with Crippen molar-refractivity contribution in [3.8, 4) is 28.6 Å². The zero-order valence-electron chi connectivity index (χ0n) is 16.7. The molecule has 0 unspecified atom stereocenters. The first-order valence-electron chi connectivity index (χ1n) is 9.78. The van der Waals surface area contributed by atoms with Crippen LogP contribution in [-0.4, -0.2) is 47.4 Å². The molecule has 2 heterocycles. The van der Waals surface area contributed by atoms with E-state index in [2.05, 4.69) is 14.8 Å². The molecule has 2 aromatic carbocycles. The van der Waals surface area contributed by atoms with Crippen molar-refractivity contribution >= 4 is 11.8 Å². The number of aromatic nitrogens is 3. The number of hydrogen-bond acceptors (Lipinski definition) is 6. The number of para-hydroxylation sites is 1. The van der Waals surface area contributed by atoms with E-state index in [-0.39, 0.29) is 6.10 Å². The fourth-order valence-corrected chi connectivity index (χ4v) is 4.46. The number of hydrogen-bond donors (Lipinski definition) is 0. The van der Waals surface area contributed by atoms with Crippen LogP contribution >= 0.6 is 11.8 Å². The van der Waals surface area contributed by atoms with Crippen molar-refractivity contribution in [2.45, 2.75) is 30.5 Å². The van der Waals surface area contributed by atoms with Crippen LogP contribution in [0.2, 0.25) is 0 Å². The summed E-state index contributed by atoms with van der Waals surface area (Å²) >= 11 is 1.68. The zero-order valence-corrected chi connectivity index (χ0v) is 17.5. The second-order valence-corrected chi connectivity index (χ2v) is 7.83. The number of rotatable bonds is 7. The van der Waals surface area contributed by atoms with Gasteiger partial charge in [-0.2, -0.15) is 0 Å². The van der Waals surface area contributed by atoms with Gasteiger partial charge in [0.25, 0.3) is 0 Å². The largest absolute Gasteiger partial charge is 0.497 e. The average molecular weight is 412 g/mol. The quantitative estimate of drug-likeness (QED) is 0.529. The number of nitrogens with zero attached hydrogens (tertiary/aromatic N) is 3. The Morgan fingerprint density at radius 1 is 1.03 bits per heavy atom. The van der Waals surface area contributed by atoms with E-state index in [9.17, 15) is 0 Å². The van der Waals surface area contributed by atoms with Crippen LogP contribution in [0.25, 0.3) is 17.1 Å². The minimum absolute atomic E-state index is 0.268. The Bertz CT molecular complexity index is 937. The Morgan fingerprint density at radius 3 is 2.59 bits per heavy atom. The predicted octanol–water partition coefficient (Wildman–Crippen LogP) is 4.61. The smallest absolute Gasteiger partial charge is 0.196 e. The molecule has 0 amide bonds. The number of benzene rings is 2. The van der Waals surface area contributed by atoms with Crippen molar-refractivity contribution in [3.63, 3.8) is 0 Å². The maximum Gasteiger partial charge on any atom is 0.196 e. The third-order valence-electron chi connectivity index (χ3n) is 4.98. The molecule has 4 rings (SSSR count). The molecule has 1 saturated heterocycles. The van der Waals surface area contributed by atoms with Gasteiger partial charge >= 0.3 is 0 Å². The molecule has 1 aliphatic heterocycles. The Morgan fingerprint density at radius 2 is 1.86 bits per heavy atom. The Hall–Kier alpha value is -2.51. The molecule has 0 radical (unpaired) electrons. The molecular weight excluding hydrogens is 386 g/mol. The third-order valence-corrected chi connectivity index (χ3v) is 6.05. The van der Waals surface area contributed by atoms with Crippen LogP contribution in [0.15, 0.2) is 53.7 Å². The maximum absolute atomic E-state index is 5.89. The van der Waals surface area contributed by atoms with Crippen LogP contribution in [0.5, 0.6) is 11.5 Å². The minimum atomic E-state index is 0.268. The number of ether oxygens (including phenoxy) is 3. The van der Waals surface area contributed by atoms with E-state index in [1.807, 2.05) is 48.5 Å². The molecule has 1 aromatic heterocycles. The van der Waals surface area contributed by atoms with Crippen LogP contribution in [-0.2, 0) is 4.74 Å². The molecule has 1 aliphatic rings. The van der Waals surface area contributed by atoms with Crippen LogP contribution in [0, 0.1) is 0 Å². The highest BCUT2D eigenvalue weighted by molar-refractivity contribution is 7.99. The summed E-state index contributed by atoms with van der Waals surface area (Å²) < 4.78 is 18.8. The summed E-state index contributed by atoms with van der Waals surface area (Å²) in [5.41, 5.74) is 1.88. The lowest BCUT2D eigenvalue weighted by Crippen LogP contribution is -2.21. The van der Waals surface area contributed by atoms with Crippen molar-refractivity contribution in [1.29, 1.82) is 0 Å². The van der Waals surface area contributed by atoms with Crippen molar-refractivity contribution in [1.82, 2.24) is 14.8 Å². The van der Waals surface area contributed by atoms with E-state index in [1.165, 1.54) is 6.42 Å². The molecule has 0 bridgehead atoms. The van der Waals surface area contributed by atoms with Gasteiger partial charge in [0.1, 0.15) is 11.5 Å². The standard InChI is InChI=1S/C22H25N3O3S/c1-26-17-12-10-16(11-13-17)25-21(19-8-3-4-9-20(19)27-2)23-24-22(25)29-15-18-7-5-6-14-28-18/h3-4,8-13,18H,5-7,14-15H2,1-2H3/t18-/m0/s1. The highest BCUT2D eigenvalue weighted by Crippen LogP contribution is 2.34. The Kier molecular flexibility index (Phi) is 6.36. The first-order chi connectivity index (χ1) is 14.3. The molecular formula is C22H25N3O3S. The molecule has 0 N–H and O–H groups in total. The summed E-state index contributed by atoms with van der Waals surface area (Å²) in [6.45, 7) is 0.850. The predicted molar refractivity (Wildman–Crippen MR) is 114 cm³/mol. The second kappa shape index (κ2) is 9.33. The van der Waals surface area contributed by atoms with Gasteiger partial charge in [0.2, 0.25) is 0 Å². The topological polar surface area (TPSA) is 58.4 Å². The summed E-state index contributed by atoms with van der Waals surface area (Å²) in [6.07, 6.45) is 3.75. The average Bonchev–Trinajstić information content (AvgIpc) is 3.22. The van der Waals surface area contributed by atoms with Gasteiger partial charge in [0.05, 0.1) is 31.6 Å². The van der Waals surface area contributed by atoms with E-state index in [4.69, 9.17) is 14.2 Å². The van der Waals surface area contributed by atoms with Gasteiger partial charge in [-0.15, -0.1) is 10.2 Å². The third kappa shape index (κ3) is 4.41. The fraction of sp³-hybridized carbons (Fsp3) is 0.364. The van der Waals surface area contributed by atoms with Gasteiger partial charge < -0.3 is 14.2 Å². The molecule has 3 aromatic rings. The summed E-state index contributed by atoms with van der Waals surface area (Å²) in [6, 6.07) is 15.8. The fourth-order valence-electron chi connectivity index (χ4n) is 3.44. The molecule has 0 aliphatic carbocycles. The van der Waals surface area contributed by atoms with Gasteiger partial charge in [-0.1, -0.05) is 23.9 Å². The minimum Gasteiger partial charge on any atom is -0.497 e. The van der Waals surface area contributed by atoms with Gasteiger partial charge in [0, 0.05) is 12.4 Å².